The summed E-state index contributed by atoms with van der Waals surface area (Å²) in [4.78, 5) is 0. The van der Waals surface area contributed by atoms with Gasteiger partial charge in [0.25, 0.3) is 0 Å². The van der Waals surface area contributed by atoms with Crippen molar-refractivity contribution in [2.24, 2.45) is 5.92 Å². The van der Waals surface area contributed by atoms with Gasteiger partial charge in [0.2, 0.25) is 0 Å². The third-order valence-electron chi connectivity index (χ3n) is 2.73. The van der Waals surface area contributed by atoms with Crippen LogP contribution in [0.25, 0.3) is 6.08 Å². The minimum atomic E-state index is 0.224. The van der Waals surface area contributed by atoms with E-state index in [2.05, 4.69) is 37.4 Å². The first kappa shape index (κ1) is 14.8. The highest BCUT2D eigenvalue weighted by Crippen LogP contribution is 2.18. The third-order valence-corrected chi connectivity index (χ3v) is 2.73. The Hall–Kier alpha value is -1.28. The van der Waals surface area contributed by atoms with Crippen LogP contribution in [0, 0.1) is 5.92 Å². The van der Waals surface area contributed by atoms with Gasteiger partial charge in [-0.1, -0.05) is 37.6 Å². The molecule has 2 nitrogen and oxygen atoms in total. The second kappa shape index (κ2) is 7.22. The summed E-state index contributed by atoms with van der Waals surface area (Å²) in [5, 5.41) is 3.21. The van der Waals surface area contributed by atoms with E-state index in [1.807, 2.05) is 33.0 Å². The lowest BCUT2D eigenvalue weighted by Gasteiger charge is -2.12. The third kappa shape index (κ3) is 4.92. The molecule has 0 aromatic heterocycles. The van der Waals surface area contributed by atoms with E-state index in [1.54, 1.807) is 0 Å². The Balaban J connectivity index is 2.80. The lowest BCUT2D eigenvalue weighted by Crippen LogP contribution is -2.13. The molecule has 0 atom stereocenters. The van der Waals surface area contributed by atoms with E-state index < -0.39 is 0 Å². The van der Waals surface area contributed by atoms with E-state index in [-0.39, 0.29) is 6.10 Å². The van der Waals surface area contributed by atoms with Crippen LogP contribution in [-0.2, 0) is 0 Å². The summed E-state index contributed by atoms with van der Waals surface area (Å²) in [6.07, 6.45) is 2.47. The number of benzene rings is 1. The summed E-state index contributed by atoms with van der Waals surface area (Å²) in [7, 11) is 1.98. The maximum absolute atomic E-state index is 5.64. The van der Waals surface area contributed by atoms with Gasteiger partial charge < -0.3 is 10.1 Å². The Kier molecular flexibility index (Phi) is 5.93. The summed E-state index contributed by atoms with van der Waals surface area (Å²) >= 11 is 0. The van der Waals surface area contributed by atoms with Crippen LogP contribution in [0.1, 0.15) is 33.3 Å². The van der Waals surface area contributed by atoms with Crippen LogP contribution >= 0.6 is 0 Å². The molecule has 0 fully saturated rings. The van der Waals surface area contributed by atoms with Crippen molar-refractivity contribution in [3.05, 3.63) is 35.4 Å². The fourth-order valence-electron chi connectivity index (χ4n) is 1.75. The molecule has 0 spiro atoms. The van der Waals surface area contributed by atoms with Gasteiger partial charge in [-0.2, -0.15) is 0 Å². The Morgan fingerprint density at radius 1 is 1.17 bits per heavy atom. The predicted octanol–water partition coefficient (Wildman–Crippen LogP) is 3.73. The van der Waals surface area contributed by atoms with Crippen molar-refractivity contribution in [3.8, 4) is 5.75 Å². The number of ether oxygens (including phenoxy) is 1. The first-order valence-corrected chi connectivity index (χ1v) is 6.64. The molecule has 1 aromatic carbocycles. The van der Waals surface area contributed by atoms with Crippen LogP contribution in [-0.4, -0.2) is 19.7 Å². The lowest BCUT2D eigenvalue weighted by molar-refractivity contribution is 0.242. The van der Waals surface area contributed by atoms with Crippen LogP contribution in [0.5, 0.6) is 5.75 Å². The fraction of sp³-hybridized carbons (Fsp3) is 0.500. The Bertz CT molecular complexity index is 377. The Morgan fingerprint density at radius 2 is 1.78 bits per heavy atom. The number of likely N-dealkylation sites (N-methyl/N-ethyl adjacent to an activating group) is 1. The maximum Gasteiger partial charge on any atom is 0.119 e. The molecule has 0 aliphatic heterocycles. The van der Waals surface area contributed by atoms with E-state index in [1.165, 1.54) is 11.1 Å². The van der Waals surface area contributed by atoms with Crippen LogP contribution in [0.3, 0.4) is 0 Å². The van der Waals surface area contributed by atoms with Crippen molar-refractivity contribution in [2.75, 3.05) is 13.6 Å². The van der Waals surface area contributed by atoms with Crippen LogP contribution in [0.15, 0.2) is 29.8 Å². The van der Waals surface area contributed by atoms with Crippen molar-refractivity contribution in [3.63, 3.8) is 0 Å². The quantitative estimate of drug-likeness (QED) is 0.827. The smallest absolute Gasteiger partial charge is 0.119 e. The molecule has 0 aliphatic rings. The first-order valence-electron chi connectivity index (χ1n) is 6.64. The lowest BCUT2D eigenvalue weighted by atomic mass is 10.0. The van der Waals surface area contributed by atoms with Gasteiger partial charge in [0.15, 0.2) is 0 Å². The van der Waals surface area contributed by atoms with Gasteiger partial charge in [-0.15, -0.1) is 0 Å². The molecule has 0 saturated heterocycles. The predicted molar refractivity (Wildman–Crippen MR) is 78.9 cm³/mol. The molecule has 0 bridgehead atoms. The highest BCUT2D eigenvalue weighted by molar-refractivity contribution is 5.54. The van der Waals surface area contributed by atoms with Crippen molar-refractivity contribution in [1.82, 2.24) is 5.32 Å². The molecule has 0 heterocycles. The molecule has 0 unspecified atom stereocenters. The average molecular weight is 247 g/mol. The number of hydrogen-bond donors (Lipinski definition) is 1. The van der Waals surface area contributed by atoms with Crippen molar-refractivity contribution in [1.29, 1.82) is 0 Å². The average Bonchev–Trinajstić information content (AvgIpc) is 2.30. The highest BCUT2D eigenvalue weighted by Gasteiger charge is 2.03. The zero-order valence-corrected chi connectivity index (χ0v) is 12.2. The zero-order valence-electron chi connectivity index (χ0n) is 12.2. The summed E-state index contributed by atoms with van der Waals surface area (Å²) in [6.45, 7) is 9.45. The van der Waals surface area contributed by atoms with Crippen molar-refractivity contribution < 1.29 is 4.74 Å². The molecule has 100 valence electrons. The summed E-state index contributed by atoms with van der Waals surface area (Å²) in [6, 6.07) is 8.28. The molecular formula is C16H25NO. The molecule has 1 aromatic rings. The largest absolute Gasteiger partial charge is 0.491 e. The number of nitrogens with one attached hydrogen (secondary N) is 1. The second-order valence-corrected chi connectivity index (χ2v) is 5.14. The van der Waals surface area contributed by atoms with Gasteiger partial charge in [0.1, 0.15) is 5.75 Å². The van der Waals surface area contributed by atoms with Gasteiger partial charge in [-0.25, -0.2) is 0 Å². The van der Waals surface area contributed by atoms with Crippen molar-refractivity contribution >= 4 is 6.08 Å². The van der Waals surface area contributed by atoms with Gasteiger partial charge in [0.05, 0.1) is 6.10 Å². The van der Waals surface area contributed by atoms with E-state index >= 15 is 0 Å². The number of hydrogen-bond acceptors (Lipinski definition) is 2. The molecule has 0 amide bonds. The second-order valence-electron chi connectivity index (χ2n) is 5.14. The van der Waals surface area contributed by atoms with E-state index in [0.29, 0.717) is 5.92 Å². The molecule has 0 radical (unpaired) electrons. The van der Waals surface area contributed by atoms with E-state index in [0.717, 1.165) is 12.3 Å². The SMILES string of the molecule is CNCC(=Cc1ccc(OC(C)C)cc1)C(C)C. The minimum Gasteiger partial charge on any atom is -0.491 e. The van der Waals surface area contributed by atoms with Gasteiger partial charge in [0, 0.05) is 6.54 Å². The maximum atomic E-state index is 5.64. The van der Waals surface area contributed by atoms with E-state index in [4.69, 9.17) is 4.74 Å². The van der Waals surface area contributed by atoms with Gasteiger partial charge >= 0.3 is 0 Å². The van der Waals surface area contributed by atoms with E-state index in [9.17, 15) is 0 Å². The summed E-state index contributed by atoms with van der Waals surface area (Å²) < 4.78 is 5.64. The first-order chi connectivity index (χ1) is 8.52. The molecule has 18 heavy (non-hydrogen) atoms. The summed E-state index contributed by atoms with van der Waals surface area (Å²) in [5.41, 5.74) is 2.64. The van der Waals surface area contributed by atoms with Crippen LogP contribution in [0.2, 0.25) is 0 Å². The highest BCUT2D eigenvalue weighted by atomic mass is 16.5. The van der Waals surface area contributed by atoms with Crippen LogP contribution in [0.4, 0.5) is 0 Å². The minimum absolute atomic E-state index is 0.224. The molecule has 0 saturated carbocycles. The standard InChI is InChI=1S/C16H25NO/c1-12(2)15(11-17-5)10-14-6-8-16(9-7-14)18-13(3)4/h6-10,12-13,17H,11H2,1-5H3. The normalized spacial score (nSPS) is 12.3. The molecular weight excluding hydrogens is 222 g/mol. The number of rotatable bonds is 6. The summed E-state index contributed by atoms with van der Waals surface area (Å²) in [5.74, 6) is 1.49. The molecule has 2 heteroatoms. The molecule has 1 N–H and O–H groups in total. The molecule has 0 aliphatic carbocycles. The van der Waals surface area contributed by atoms with Crippen molar-refractivity contribution in [2.45, 2.75) is 33.8 Å². The fourth-order valence-corrected chi connectivity index (χ4v) is 1.75. The Labute approximate surface area is 111 Å². The van der Waals surface area contributed by atoms with Gasteiger partial charge in [-0.3, -0.25) is 0 Å². The Morgan fingerprint density at radius 3 is 2.22 bits per heavy atom. The van der Waals surface area contributed by atoms with Crippen LogP contribution < -0.4 is 10.1 Å². The van der Waals surface area contributed by atoms with Gasteiger partial charge in [-0.05, 0) is 44.5 Å². The monoisotopic (exact) mass is 247 g/mol. The molecule has 1 rings (SSSR count). The zero-order chi connectivity index (χ0) is 13.5. The topological polar surface area (TPSA) is 21.3 Å².